The van der Waals surface area contributed by atoms with Gasteiger partial charge < -0.3 is 16.0 Å². The van der Waals surface area contributed by atoms with Gasteiger partial charge in [0.25, 0.3) is 0 Å². The Morgan fingerprint density at radius 3 is 2.32 bits per heavy atom. The quantitative estimate of drug-likeness (QED) is 0.793. The lowest BCUT2D eigenvalue weighted by Gasteiger charge is -2.35. The second kappa shape index (κ2) is 7.25. The number of nitrogens with two attached hydrogens (primary N) is 1. The zero-order chi connectivity index (χ0) is 13.6. The summed E-state index contributed by atoms with van der Waals surface area (Å²) in [7, 11) is 0. The smallest absolute Gasteiger partial charge is 0.227 e. The van der Waals surface area contributed by atoms with Crippen LogP contribution in [-0.2, 0) is 4.79 Å². The van der Waals surface area contributed by atoms with Crippen molar-refractivity contribution >= 4 is 5.91 Å². The Kier molecular flexibility index (Phi) is 5.64. The highest BCUT2D eigenvalue weighted by Crippen LogP contribution is 2.35. The Hall–Kier alpha value is -0.610. The predicted octanol–water partition coefficient (Wildman–Crippen LogP) is 1.50. The normalized spacial score (nSPS) is 24.1. The van der Waals surface area contributed by atoms with E-state index in [0.717, 1.165) is 38.8 Å². The Labute approximate surface area is 117 Å². The number of likely N-dealkylation sites (tertiary alicyclic amines) is 1. The van der Waals surface area contributed by atoms with Gasteiger partial charge in [0.05, 0.1) is 5.41 Å². The molecule has 0 bridgehead atoms. The van der Waals surface area contributed by atoms with Crippen molar-refractivity contribution in [1.82, 2.24) is 10.2 Å². The molecule has 2 aliphatic rings. The third-order valence-electron chi connectivity index (χ3n) is 4.85. The van der Waals surface area contributed by atoms with Gasteiger partial charge in [0.2, 0.25) is 5.91 Å². The first-order valence-electron chi connectivity index (χ1n) is 7.98. The molecule has 19 heavy (non-hydrogen) atoms. The van der Waals surface area contributed by atoms with Gasteiger partial charge in [0, 0.05) is 19.6 Å². The molecular weight excluding hydrogens is 238 g/mol. The highest BCUT2D eigenvalue weighted by atomic mass is 16.2. The SMILES string of the molecule is NCC1(C(=O)NCCN2CCCCC2)CCCCC1. The molecule has 3 N–H and O–H groups in total. The van der Waals surface area contributed by atoms with Gasteiger partial charge in [-0.3, -0.25) is 4.79 Å². The van der Waals surface area contributed by atoms with E-state index >= 15 is 0 Å². The van der Waals surface area contributed by atoms with Gasteiger partial charge in [-0.15, -0.1) is 0 Å². The summed E-state index contributed by atoms with van der Waals surface area (Å²) in [6, 6.07) is 0. The van der Waals surface area contributed by atoms with Crippen LogP contribution >= 0.6 is 0 Å². The highest BCUT2D eigenvalue weighted by molar-refractivity contribution is 5.83. The van der Waals surface area contributed by atoms with E-state index in [9.17, 15) is 4.79 Å². The third-order valence-corrected chi connectivity index (χ3v) is 4.85. The molecule has 2 rings (SSSR count). The number of carbonyl (C=O) groups is 1. The second-order valence-corrected chi connectivity index (χ2v) is 6.20. The van der Waals surface area contributed by atoms with Crippen LogP contribution in [0.1, 0.15) is 51.4 Å². The summed E-state index contributed by atoms with van der Waals surface area (Å²) in [6.45, 7) is 4.66. The summed E-state index contributed by atoms with van der Waals surface area (Å²) < 4.78 is 0. The number of rotatable bonds is 5. The predicted molar refractivity (Wildman–Crippen MR) is 77.9 cm³/mol. The van der Waals surface area contributed by atoms with Crippen molar-refractivity contribution in [3.63, 3.8) is 0 Å². The number of amides is 1. The molecule has 1 aliphatic carbocycles. The minimum atomic E-state index is -0.264. The summed E-state index contributed by atoms with van der Waals surface area (Å²) in [4.78, 5) is 14.8. The van der Waals surface area contributed by atoms with Crippen LogP contribution in [-0.4, -0.2) is 43.5 Å². The van der Waals surface area contributed by atoms with E-state index in [1.54, 1.807) is 0 Å². The van der Waals surface area contributed by atoms with Crippen LogP contribution in [0.5, 0.6) is 0 Å². The first kappa shape index (κ1) is 14.8. The number of nitrogens with zero attached hydrogens (tertiary/aromatic N) is 1. The lowest BCUT2D eigenvalue weighted by atomic mass is 9.73. The molecule has 1 aliphatic heterocycles. The van der Waals surface area contributed by atoms with Gasteiger partial charge in [-0.2, -0.15) is 0 Å². The van der Waals surface area contributed by atoms with Gasteiger partial charge in [-0.05, 0) is 38.8 Å². The zero-order valence-electron chi connectivity index (χ0n) is 12.1. The molecule has 1 saturated carbocycles. The molecule has 0 unspecified atom stereocenters. The molecule has 1 heterocycles. The topological polar surface area (TPSA) is 58.4 Å². The molecule has 0 aromatic carbocycles. The Bertz CT molecular complexity index is 281. The van der Waals surface area contributed by atoms with Crippen molar-refractivity contribution in [3.05, 3.63) is 0 Å². The molecule has 4 heteroatoms. The molecule has 0 radical (unpaired) electrons. The Balaban J connectivity index is 1.73. The Morgan fingerprint density at radius 1 is 1.05 bits per heavy atom. The maximum absolute atomic E-state index is 12.4. The summed E-state index contributed by atoms with van der Waals surface area (Å²) in [5.74, 6) is 0.201. The van der Waals surface area contributed by atoms with Gasteiger partial charge in [-0.1, -0.05) is 25.7 Å². The maximum Gasteiger partial charge on any atom is 0.227 e. The van der Waals surface area contributed by atoms with Gasteiger partial charge in [0.1, 0.15) is 0 Å². The van der Waals surface area contributed by atoms with Crippen LogP contribution < -0.4 is 11.1 Å². The standard InChI is InChI=1S/C15H29N3O/c16-13-15(7-3-1-4-8-15)14(19)17-9-12-18-10-5-2-6-11-18/h1-13,16H2,(H,17,19). The monoisotopic (exact) mass is 267 g/mol. The number of nitrogens with one attached hydrogen (secondary N) is 1. The van der Waals surface area contributed by atoms with E-state index < -0.39 is 0 Å². The number of hydrogen-bond donors (Lipinski definition) is 2. The molecule has 110 valence electrons. The van der Waals surface area contributed by atoms with Crippen LogP contribution in [0.2, 0.25) is 0 Å². The van der Waals surface area contributed by atoms with E-state index in [1.807, 2.05) is 0 Å². The van der Waals surface area contributed by atoms with Gasteiger partial charge >= 0.3 is 0 Å². The number of hydrogen-bond acceptors (Lipinski definition) is 3. The first-order valence-corrected chi connectivity index (χ1v) is 7.98. The molecule has 4 nitrogen and oxygen atoms in total. The van der Waals surface area contributed by atoms with Crippen molar-refractivity contribution in [1.29, 1.82) is 0 Å². The summed E-state index contributed by atoms with van der Waals surface area (Å²) in [6.07, 6.45) is 9.47. The average Bonchev–Trinajstić information content (AvgIpc) is 2.49. The number of carbonyl (C=O) groups excluding carboxylic acids is 1. The fourth-order valence-corrected chi connectivity index (χ4v) is 3.45. The molecular formula is C15H29N3O. The maximum atomic E-state index is 12.4. The molecule has 0 aromatic heterocycles. The zero-order valence-corrected chi connectivity index (χ0v) is 12.1. The van der Waals surface area contributed by atoms with Crippen LogP contribution in [0.15, 0.2) is 0 Å². The second-order valence-electron chi connectivity index (χ2n) is 6.20. The van der Waals surface area contributed by atoms with Gasteiger partial charge in [0.15, 0.2) is 0 Å². The molecule has 1 saturated heterocycles. The minimum absolute atomic E-state index is 0.201. The summed E-state index contributed by atoms with van der Waals surface area (Å²) >= 11 is 0. The van der Waals surface area contributed by atoms with Crippen molar-refractivity contribution < 1.29 is 4.79 Å². The number of piperidine rings is 1. The Morgan fingerprint density at radius 2 is 1.68 bits per heavy atom. The lowest BCUT2D eigenvalue weighted by molar-refractivity contribution is -0.132. The molecule has 0 spiro atoms. The van der Waals surface area contributed by atoms with Crippen LogP contribution in [0.25, 0.3) is 0 Å². The van der Waals surface area contributed by atoms with Crippen molar-refractivity contribution in [3.8, 4) is 0 Å². The average molecular weight is 267 g/mol. The van der Waals surface area contributed by atoms with Crippen LogP contribution in [0.3, 0.4) is 0 Å². The lowest BCUT2D eigenvalue weighted by Crippen LogP contribution is -2.49. The summed E-state index contributed by atoms with van der Waals surface area (Å²) in [5, 5.41) is 3.13. The first-order chi connectivity index (χ1) is 9.27. The minimum Gasteiger partial charge on any atom is -0.354 e. The van der Waals surface area contributed by atoms with E-state index in [1.165, 1.54) is 38.8 Å². The van der Waals surface area contributed by atoms with E-state index in [0.29, 0.717) is 6.54 Å². The highest BCUT2D eigenvalue weighted by Gasteiger charge is 2.37. The van der Waals surface area contributed by atoms with Crippen molar-refractivity contribution in [2.45, 2.75) is 51.4 Å². The van der Waals surface area contributed by atoms with Gasteiger partial charge in [-0.25, -0.2) is 0 Å². The van der Waals surface area contributed by atoms with E-state index in [2.05, 4.69) is 10.2 Å². The summed E-state index contributed by atoms with van der Waals surface area (Å²) in [5.41, 5.74) is 5.62. The van der Waals surface area contributed by atoms with Crippen molar-refractivity contribution in [2.24, 2.45) is 11.1 Å². The van der Waals surface area contributed by atoms with Crippen LogP contribution in [0, 0.1) is 5.41 Å². The van der Waals surface area contributed by atoms with Crippen LogP contribution in [0.4, 0.5) is 0 Å². The fraction of sp³-hybridized carbons (Fsp3) is 0.933. The molecule has 0 aromatic rings. The fourth-order valence-electron chi connectivity index (χ4n) is 3.45. The van der Waals surface area contributed by atoms with Crippen molar-refractivity contribution in [2.75, 3.05) is 32.7 Å². The van der Waals surface area contributed by atoms with E-state index in [4.69, 9.17) is 5.73 Å². The third kappa shape index (κ3) is 3.93. The molecule has 0 atom stereocenters. The molecule has 1 amide bonds. The van der Waals surface area contributed by atoms with E-state index in [-0.39, 0.29) is 11.3 Å². The largest absolute Gasteiger partial charge is 0.354 e. The molecule has 2 fully saturated rings.